The van der Waals surface area contributed by atoms with E-state index in [1.54, 1.807) is 17.0 Å². The Labute approximate surface area is 196 Å². The average Bonchev–Trinajstić information content (AvgIpc) is 3.19. The zero-order valence-corrected chi connectivity index (χ0v) is 19.8. The number of amides is 1. The van der Waals surface area contributed by atoms with Crippen molar-refractivity contribution < 1.29 is 9.53 Å². The summed E-state index contributed by atoms with van der Waals surface area (Å²) in [4.78, 5) is 22.0. The van der Waals surface area contributed by atoms with Crippen LogP contribution in [-0.2, 0) is 0 Å². The number of fused-ring (bicyclic) bond motifs is 1. The van der Waals surface area contributed by atoms with Gasteiger partial charge in [-0.05, 0) is 75.1 Å². The van der Waals surface area contributed by atoms with Crippen LogP contribution >= 0.6 is 22.9 Å². The lowest BCUT2D eigenvalue weighted by atomic mass is 10.2. The molecule has 5 nitrogen and oxygen atoms in total. The minimum absolute atomic E-state index is 0.0964. The molecule has 1 amide bonds. The Morgan fingerprint density at radius 3 is 2.38 bits per heavy atom. The van der Waals surface area contributed by atoms with E-state index in [0.717, 1.165) is 28.1 Å². The van der Waals surface area contributed by atoms with Crippen LogP contribution in [0, 0.1) is 6.92 Å². The SMILES string of the molecule is Cc1cc(Cl)cc2sc(N(CCN(C)C)C(=O)c3ccc(Oc4ccccc4)cc3)nc12. The van der Waals surface area contributed by atoms with Crippen molar-refractivity contribution in [2.24, 2.45) is 0 Å². The number of anilines is 1. The molecule has 7 heteroatoms. The zero-order chi connectivity index (χ0) is 22.7. The Kier molecular flexibility index (Phi) is 6.74. The van der Waals surface area contributed by atoms with Gasteiger partial charge in [-0.3, -0.25) is 9.69 Å². The Morgan fingerprint density at radius 2 is 1.69 bits per heavy atom. The molecule has 0 saturated carbocycles. The number of aromatic nitrogens is 1. The molecule has 0 aliphatic heterocycles. The van der Waals surface area contributed by atoms with Crippen molar-refractivity contribution in [3.8, 4) is 11.5 Å². The van der Waals surface area contributed by atoms with E-state index >= 15 is 0 Å². The molecule has 0 spiro atoms. The predicted octanol–water partition coefficient (Wildman–Crippen LogP) is 6.26. The van der Waals surface area contributed by atoms with E-state index in [2.05, 4.69) is 0 Å². The third-order valence-corrected chi connectivity index (χ3v) is 6.21. The van der Waals surface area contributed by atoms with Gasteiger partial charge in [0, 0.05) is 23.7 Å². The Morgan fingerprint density at radius 1 is 1.00 bits per heavy atom. The first-order chi connectivity index (χ1) is 15.4. The molecule has 0 N–H and O–H groups in total. The molecule has 0 aliphatic carbocycles. The summed E-state index contributed by atoms with van der Waals surface area (Å²) in [6.07, 6.45) is 0. The molecule has 4 rings (SSSR count). The number of rotatable bonds is 7. The van der Waals surface area contributed by atoms with Crippen LogP contribution in [0.5, 0.6) is 11.5 Å². The summed E-state index contributed by atoms with van der Waals surface area (Å²) in [6.45, 7) is 3.23. The Balaban J connectivity index is 1.61. The topological polar surface area (TPSA) is 45.7 Å². The van der Waals surface area contributed by atoms with Gasteiger partial charge < -0.3 is 9.64 Å². The molecule has 0 aliphatic rings. The standard InChI is InChI=1S/C25H24ClN3O2S/c1-17-15-19(26)16-22-23(17)27-25(32-22)29(14-13-28(2)3)24(30)18-9-11-21(12-10-18)31-20-7-5-4-6-8-20/h4-12,15-16H,13-14H2,1-3H3. The quantitative estimate of drug-likeness (QED) is 0.323. The molecule has 1 aromatic heterocycles. The van der Waals surface area contributed by atoms with Crippen LogP contribution in [0.15, 0.2) is 66.7 Å². The first-order valence-electron chi connectivity index (χ1n) is 10.3. The highest BCUT2D eigenvalue weighted by molar-refractivity contribution is 7.22. The fraction of sp³-hybridized carbons (Fsp3) is 0.200. The number of carbonyl (C=O) groups excluding carboxylic acids is 1. The fourth-order valence-electron chi connectivity index (χ4n) is 3.29. The number of aryl methyl sites for hydroxylation is 1. The molecular weight excluding hydrogens is 442 g/mol. The highest BCUT2D eigenvalue weighted by Crippen LogP contribution is 2.33. The summed E-state index contributed by atoms with van der Waals surface area (Å²) in [7, 11) is 3.97. The van der Waals surface area contributed by atoms with Crippen molar-refractivity contribution >= 4 is 44.2 Å². The smallest absolute Gasteiger partial charge is 0.260 e. The minimum Gasteiger partial charge on any atom is -0.457 e. The van der Waals surface area contributed by atoms with Gasteiger partial charge in [-0.25, -0.2) is 4.98 Å². The van der Waals surface area contributed by atoms with Crippen LogP contribution in [0.25, 0.3) is 10.2 Å². The number of carbonyl (C=O) groups is 1. The Hall–Kier alpha value is -2.93. The summed E-state index contributed by atoms with van der Waals surface area (Å²) >= 11 is 7.71. The van der Waals surface area contributed by atoms with E-state index in [1.165, 1.54) is 11.3 Å². The van der Waals surface area contributed by atoms with E-state index in [9.17, 15) is 4.79 Å². The van der Waals surface area contributed by atoms with Gasteiger partial charge in [0.15, 0.2) is 5.13 Å². The van der Waals surface area contributed by atoms with E-state index in [4.69, 9.17) is 21.3 Å². The molecule has 1 heterocycles. The third kappa shape index (κ3) is 5.10. The largest absolute Gasteiger partial charge is 0.457 e. The van der Waals surface area contributed by atoms with Crippen LogP contribution in [0.4, 0.5) is 5.13 Å². The molecular formula is C25H24ClN3O2S. The summed E-state index contributed by atoms with van der Waals surface area (Å²) in [5, 5.41) is 1.34. The maximum Gasteiger partial charge on any atom is 0.260 e. The first kappa shape index (κ1) is 22.3. The number of hydrogen-bond donors (Lipinski definition) is 0. The van der Waals surface area contributed by atoms with Crippen LogP contribution in [0.1, 0.15) is 15.9 Å². The second-order valence-corrected chi connectivity index (χ2v) is 9.21. The number of likely N-dealkylation sites (N-methyl/N-ethyl adjacent to an activating group) is 1. The summed E-state index contributed by atoms with van der Waals surface area (Å²) in [6, 6.07) is 20.6. The first-order valence-corrected chi connectivity index (χ1v) is 11.5. The van der Waals surface area contributed by atoms with Gasteiger partial charge in [-0.15, -0.1) is 0 Å². The lowest BCUT2D eigenvalue weighted by molar-refractivity contribution is 0.0985. The van der Waals surface area contributed by atoms with Gasteiger partial charge in [0.2, 0.25) is 0 Å². The van der Waals surface area contributed by atoms with Crippen LogP contribution in [0.3, 0.4) is 0 Å². The maximum absolute atomic E-state index is 13.5. The zero-order valence-electron chi connectivity index (χ0n) is 18.2. The second-order valence-electron chi connectivity index (χ2n) is 7.77. The molecule has 164 valence electrons. The lowest BCUT2D eigenvalue weighted by Gasteiger charge is -2.22. The summed E-state index contributed by atoms with van der Waals surface area (Å²) in [5.74, 6) is 1.33. The number of nitrogens with zero attached hydrogens (tertiary/aromatic N) is 3. The highest BCUT2D eigenvalue weighted by Gasteiger charge is 2.22. The molecule has 0 saturated heterocycles. The molecule has 3 aromatic carbocycles. The molecule has 0 bridgehead atoms. The summed E-state index contributed by atoms with van der Waals surface area (Å²) in [5.41, 5.74) is 2.46. The predicted molar refractivity (Wildman–Crippen MR) is 133 cm³/mol. The summed E-state index contributed by atoms with van der Waals surface area (Å²) < 4.78 is 6.82. The fourth-order valence-corrected chi connectivity index (χ4v) is 4.73. The lowest BCUT2D eigenvalue weighted by Crippen LogP contribution is -2.36. The van der Waals surface area contributed by atoms with Crippen molar-refractivity contribution in [1.82, 2.24) is 9.88 Å². The van der Waals surface area contributed by atoms with Crippen LogP contribution < -0.4 is 9.64 Å². The Bertz CT molecular complexity index is 1220. The van der Waals surface area contributed by atoms with Gasteiger partial charge in [0.1, 0.15) is 11.5 Å². The van der Waals surface area contributed by atoms with E-state index < -0.39 is 0 Å². The van der Waals surface area contributed by atoms with Crippen LogP contribution in [-0.4, -0.2) is 43.0 Å². The molecule has 0 radical (unpaired) electrons. The van der Waals surface area contributed by atoms with Gasteiger partial charge in [0.25, 0.3) is 5.91 Å². The normalized spacial score (nSPS) is 11.2. The van der Waals surface area contributed by atoms with Crippen molar-refractivity contribution in [2.75, 3.05) is 32.1 Å². The monoisotopic (exact) mass is 465 g/mol. The molecule has 0 unspecified atom stereocenters. The maximum atomic E-state index is 13.5. The number of para-hydroxylation sites is 1. The van der Waals surface area contributed by atoms with E-state index in [0.29, 0.717) is 28.0 Å². The van der Waals surface area contributed by atoms with Crippen molar-refractivity contribution in [3.05, 3.63) is 82.9 Å². The number of hydrogen-bond acceptors (Lipinski definition) is 5. The number of halogens is 1. The highest BCUT2D eigenvalue weighted by atomic mass is 35.5. The van der Waals surface area contributed by atoms with Crippen LogP contribution in [0.2, 0.25) is 5.02 Å². The number of ether oxygens (including phenoxy) is 1. The number of thiazole rings is 1. The van der Waals surface area contributed by atoms with Gasteiger partial charge in [0.05, 0.1) is 10.2 Å². The van der Waals surface area contributed by atoms with Gasteiger partial charge >= 0.3 is 0 Å². The second kappa shape index (κ2) is 9.69. The van der Waals surface area contributed by atoms with E-state index in [-0.39, 0.29) is 5.91 Å². The minimum atomic E-state index is -0.0964. The molecule has 32 heavy (non-hydrogen) atoms. The van der Waals surface area contributed by atoms with Crippen molar-refractivity contribution in [2.45, 2.75) is 6.92 Å². The molecule has 4 aromatic rings. The molecule has 0 fully saturated rings. The average molecular weight is 466 g/mol. The number of benzene rings is 3. The van der Waals surface area contributed by atoms with E-state index in [1.807, 2.05) is 80.5 Å². The van der Waals surface area contributed by atoms with Gasteiger partial charge in [-0.2, -0.15) is 0 Å². The van der Waals surface area contributed by atoms with Crippen molar-refractivity contribution in [1.29, 1.82) is 0 Å². The van der Waals surface area contributed by atoms with Gasteiger partial charge in [-0.1, -0.05) is 41.1 Å². The molecule has 0 atom stereocenters. The third-order valence-electron chi connectivity index (χ3n) is 4.97. The van der Waals surface area contributed by atoms with Crippen molar-refractivity contribution in [3.63, 3.8) is 0 Å².